The zero-order valence-corrected chi connectivity index (χ0v) is 4.48. The molecule has 0 radical (unpaired) electrons. The summed E-state index contributed by atoms with van der Waals surface area (Å²) in [7, 11) is 0. The number of nitrogens with two attached hydrogens (primary N) is 1. The Labute approximate surface area is 44.1 Å². The molecule has 0 bridgehead atoms. The van der Waals surface area contributed by atoms with Gasteiger partial charge in [-0.15, -0.1) is 0 Å². The van der Waals surface area contributed by atoms with E-state index in [-0.39, 0.29) is 0 Å². The third-order valence-corrected chi connectivity index (χ3v) is 1.44. The van der Waals surface area contributed by atoms with Gasteiger partial charge in [-0.05, 0) is 25.9 Å². The van der Waals surface area contributed by atoms with Gasteiger partial charge in [-0.1, -0.05) is 0 Å². The highest BCUT2D eigenvalue weighted by Crippen LogP contribution is 2.03. The van der Waals surface area contributed by atoms with Crippen LogP contribution in [0.1, 0.15) is 12.8 Å². The van der Waals surface area contributed by atoms with Crippen molar-refractivity contribution >= 4 is 0 Å². The Morgan fingerprint density at radius 3 is 2.57 bits per heavy atom. The maximum Gasteiger partial charge on any atom is 0.00911 e. The molecule has 0 aromatic carbocycles. The van der Waals surface area contributed by atoms with Gasteiger partial charge < -0.3 is 11.1 Å². The molecule has 2 heteroatoms. The predicted molar refractivity (Wildman–Crippen MR) is 30.1 cm³/mol. The van der Waals surface area contributed by atoms with Crippen LogP contribution in [0.15, 0.2) is 0 Å². The normalized spacial score (nSPS) is 29.6. The largest absolute Gasteiger partial charge is 0.330 e. The molecular weight excluding hydrogens is 88.1 g/mol. The van der Waals surface area contributed by atoms with Crippen molar-refractivity contribution < 1.29 is 0 Å². The number of hydrogen-bond donors (Lipinski definition) is 2. The van der Waals surface area contributed by atoms with Crippen LogP contribution in [0.2, 0.25) is 0 Å². The van der Waals surface area contributed by atoms with E-state index in [1.807, 2.05) is 0 Å². The van der Waals surface area contributed by atoms with Gasteiger partial charge in [-0.2, -0.15) is 0 Å². The molecule has 7 heavy (non-hydrogen) atoms. The van der Waals surface area contributed by atoms with Crippen molar-refractivity contribution in [1.82, 2.24) is 5.32 Å². The molecule has 1 heterocycles. The van der Waals surface area contributed by atoms with Crippen molar-refractivity contribution in [1.29, 1.82) is 0 Å². The lowest BCUT2D eigenvalue weighted by molar-refractivity contribution is 0.355. The van der Waals surface area contributed by atoms with Crippen LogP contribution in [0.25, 0.3) is 0 Å². The molecule has 0 aromatic rings. The second-order valence-electron chi connectivity index (χ2n) is 2.02. The van der Waals surface area contributed by atoms with Gasteiger partial charge in [0.2, 0.25) is 0 Å². The quantitative estimate of drug-likeness (QED) is 0.500. The van der Waals surface area contributed by atoms with Gasteiger partial charge >= 0.3 is 0 Å². The van der Waals surface area contributed by atoms with E-state index in [2.05, 4.69) is 5.32 Å². The fourth-order valence-corrected chi connectivity index (χ4v) is 0.796. The molecule has 0 saturated carbocycles. The highest BCUT2D eigenvalue weighted by Gasteiger charge is 2.13. The average Bonchev–Trinajstić information content (AvgIpc) is 1.55. The summed E-state index contributed by atoms with van der Waals surface area (Å²) in [6, 6.07) is 0.755. The minimum atomic E-state index is 0.755. The van der Waals surface area contributed by atoms with Gasteiger partial charge in [0.15, 0.2) is 0 Å². The van der Waals surface area contributed by atoms with Gasteiger partial charge in [-0.3, -0.25) is 0 Å². The molecule has 1 aliphatic rings. The summed E-state index contributed by atoms with van der Waals surface area (Å²) in [6.07, 6.45) is 2.48. The molecule has 1 aliphatic heterocycles. The summed E-state index contributed by atoms with van der Waals surface area (Å²) in [5, 5.41) is 3.27. The monoisotopic (exact) mass is 100 g/mol. The van der Waals surface area contributed by atoms with Crippen LogP contribution in [0.3, 0.4) is 0 Å². The number of nitrogens with one attached hydrogen (secondary N) is 1. The van der Waals surface area contributed by atoms with Crippen molar-refractivity contribution in [3.8, 4) is 0 Å². The molecule has 3 N–H and O–H groups in total. The minimum absolute atomic E-state index is 0.755. The standard InChI is InChI=1S/C5H12N2/c6-3-1-5-2-4-7-5/h5,7H,1-4,6H2/t5-/m0/s1. The van der Waals surface area contributed by atoms with E-state index < -0.39 is 0 Å². The molecule has 42 valence electrons. The summed E-state index contributed by atoms with van der Waals surface area (Å²) in [4.78, 5) is 0. The smallest absolute Gasteiger partial charge is 0.00911 e. The van der Waals surface area contributed by atoms with Crippen LogP contribution >= 0.6 is 0 Å². The van der Waals surface area contributed by atoms with Crippen molar-refractivity contribution in [2.24, 2.45) is 5.73 Å². The summed E-state index contributed by atoms with van der Waals surface area (Å²) in [6.45, 7) is 2.03. The summed E-state index contributed by atoms with van der Waals surface area (Å²) >= 11 is 0. The van der Waals surface area contributed by atoms with Crippen LogP contribution in [0.5, 0.6) is 0 Å². The van der Waals surface area contributed by atoms with Crippen LogP contribution < -0.4 is 11.1 Å². The summed E-state index contributed by atoms with van der Waals surface area (Å²) in [5.74, 6) is 0. The molecule has 0 unspecified atom stereocenters. The Morgan fingerprint density at radius 2 is 2.43 bits per heavy atom. The van der Waals surface area contributed by atoms with Crippen molar-refractivity contribution in [3.05, 3.63) is 0 Å². The molecule has 1 rings (SSSR count). The second kappa shape index (κ2) is 2.28. The molecule has 0 aromatic heterocycles. The fourth-order valence-electron chi connectivity index (χ4n) is 0.796. The van der Waals surface area contributed by atoms with Crippen LogP contribution in [-0.2, 0) is 0 Å². The first-order chi connectivity index (χ1) is 3.43. The molecule has 1 fully saturated rings. The predicted octanol–water partition coefficient (Wildman–Crippen LogP) is -0.303. The Hall–Kier alpha value is -0.0800. The van der Waals surface area contributed by atoms with Gasteiger partial charge in [0, 0.05) is 6.04 Å². The first-order valence-electron chi connectivity index (χ1n) is 2.87. The second-order valence-corrected chi connectivity index (χ2v) is 2.02. The SMILES string of the molecule is NCC[C@H]1CCN1. The van der Waals surface area contributed by atoms with Crippen molar-refractivity contribution in [2.75, 3.05) is 13.1 Å². The summed E-state index contributed by atoms with van der Waals surface area (Å²) < 4.78 is 0. The van der Waals surface area contributed by atoms with Crippen molar-refractivity contribution in [3.63, 3.8) is 0 Å². The number of rotatable bonds is 2. The fraction of sp³-hybridized carbons (Fsp3) is 1.00. The van der Waals surface area contributed by atoms with Gasteiger partial charge in [-0.25, -0.2) is 0 Å². The van der Waals surface area contributed by atoms with Crippen LogP contribution in [0.4, 0.5) is 0 Å². The summed E-state index contributed by atoms with van der Waals surface area (Å²) in [5.41, 5.74) is 5.30. The Bertz CT molecular complexity index is 50.0. The lowest BCUT2D eigenvalue weighted by Gasteiger charge is -2.26. The topological polar surface area (TPSA) is 38.0 Å². The van der Waals surface area contributed by atoms with E-state index in [0.29, 0.717) is 0 Å². The number of hydrogen-bond acceptors (Lipinski definition) is 2. The Kier molecular flexibility index (Phi) is 1.65. The van der Waals surface area contributed by atoms with E-state index in [9.17, 15) is 0 Å². The van der Waals surface area contributed by atoms with E-state index in [1.54, 1.807) is 0 Å². The van der Waals surface area contributed by atoms with Gasteiger partial charge in [0.25, 0.3) is 0 Å². The van der Waals surface area contributed by atoms with E-state index in [4.69, 9.17) is 5.73 Å². The third kappa shape index (κ3) is 1.14. The average molecular weight is 100 g/mol. The van der Waals surface area contributed by atoms with E-state index >= 15 is 0 Å². The Morgan fingerprint density at radius 1 is 1.71 bits per heavy atom. The van der Waals surface area contributed by atoms with Crippen LogP contribution in [0, 0.1) is 0 Å². The maximum absolute atomic E-state index is 5.30. The molecule has 0 amide bonds. The van der Waals surface area contributed by atoms with Gasteiger partial charge in [0.1, 0.15) is 0 Å². The maximum atomic E-state index is 5.30. The molecule has 1 atom stereocenters. The first-order valence-corrected chi connectivity index (χ1v) is 2.87. The highest BCUT2D eigenvalue weighted by atomic mass is 15.0. The molecule has 1 saturated heterocycles. The van der Waals surface area contributed by atoms with Crippen molar-refractivity contribution in [2.45, 2.75) is 18.9 Å². The molecular formula is C5H12N2. The first kappa shape index (κ1) is 5.06. The lowest BCUT2D eigenvalue weighted by atomic mass is 10.0. The van der Waals surface area contributed by atoms with Crippen LogP contribution in [-0.4, -0.2) is 19.1 Å². The minimum Gasteiger partial charge on any atom is -0.330 e. The van der Waals surface area contributed by atoms with E-state index in [0.717, 1.165) is 19.0 Å². The highest BCUT2D eigenvalue weighted by molar-refractivity contribution is 4.76. The Balaban J connectivity index is 1.93. The van der Waals surface area contributed by atoms with E-state index in [1.165, 1.54) is 13.0 Å². The van der Waals surface area contributed by atoms with Gasteiger partial charge in [0.05, 0.1) is 0 Å². The molecule has 2 nitrogen and oxygen atoms in total. The molecule has 0 aliphatic carbocycles. The zero-order chi connectivity index (χ0) is 5.11. The lowest BCUT2D eigenvalue weighted by Crippen LogP contribution is -2.43. The zero-order valence-electron chi connectivity index (χ0n) is 4.48. The third-order valence-electron chi connectivity index (χ3n) is 1.44. The molecule has 0 spiro atoms.